The van der Waals surface area contributed by atoms with Gasteiger partial charge in [-0.05, 0) is 70.6 Å². The van der Waals surface area contributed by atoms with Gasteiger partial charge in [0.1, 0.15) is 5.82 Å². The van der Waals surface area contributed by atoms with Crippen molar-refractivity contribution in [3.63, 3.8) is 0 Å². The van der Waals surface area contributed by atoms with Gasteiger partial charge in [0.2, 0.25) is 0 Å². The Morgan fingerprint density at radius 3 is 2.41 bits per heavy atom. The van der Waals surface area contributed by atoms with Gasteiger partial charge in [-0.3, -0.25) is 4.79 Å². The summed E-state index contributed by atoms with van der Waals surface area (Å²) in [5, 5.41) is 10.6. The Kier molecular flexibility index (Phi) is 5.02. The fraction of sp³-hybridized carbons (Fsp3) is 0.190. The molecule has 3 rings (SSSR count). The second-order valence-corrected chi connectivity index (χ2v) is 8.74. The number of hydrogen-bond acceptors (Lipinski definition) is 3. The Morgan fingerprint density at radius 1 is 1.04 bits per heavy atom. The highest BCUT2D eigenvalue weighted by Gasteiger charge is 2.12. The number of benzene rings is 3. The van der Waals surface area contributed by atoms with Crippen LogP contribution in [0.1, 0.15) is 22.3 Å². The van der Waals surface area contributed by atoms with E-state index in [-0.39, 0.29) is 17.1 Å². The fourth-order valence-electron chi connectivity index (χ4n) is 3.20. The van der Waals surface area contributed by atoms with Crippen molar-refractivity contribution < 1.29 is 22.7 Å². The average molecular weight is 386 g/mol. The lowest BCUT2D eigenvalue weighted by atomic mass is 9.93. The summed E-state index contributed by atoms with van der Waals surface area (Å²) in [5.41, 5.74) is 3.16. The van der Waals surface area contributed by atoms with E-state index in [1.165, 1.54) is 12.1 Å². The van der Waals surface area contributed by atoms with Gasteiger partial charge in [-0.25, -0.2) is 12.8 Å². The van der Waals surface area contributed by atoms with E-state index in [9.17, 15) is 17.6 Å². The molecule has 6 heteroatoms. The average Bonchev–Trinajstić information content (AvgIpc) is 2.55. The van der Waals surface area contributed by atoms with E-state index in [1.807, 2.05) is 6.92 Å². The number of rotatable bonds is 5. The molecule has 3 aromatic carbocycles. The third kappa shape index (κ3) is 4.34. The van der Waals surface area contributed by atoms with Crippen LogP contribution in [0.25, 0.3) is 10.8 Å². The van der Waals surface area contributed by atoms with Crippen molar-refractivity contribution in [3.8, 4) is 0 Å². The van der Waals surface area contributed by atoms with Crippen LogP contribution in [-0.2, 0) is 27.5 Å². The first kappa shape index (κ1) is 19.0. The molecule has 0 spiro atoms. The molecule has 0 saturated carbocycles. The van der Waals surface area contributed by atoms with Crippen LogP contribution in [0.15, 0.2) is 53.4 Å². The molecule has 0 aliphatic carbocycles. The van der Waals surface area contributed by atoms with Crippen LogP contribution in [0.5, 0.6) is 0 Å². The van der Waals surface area contributed by atoms with Crippen LogP contribution in [0, 0.1) is 12.7 Å². The Balaban J connectivity index is 2.10. The fourth-order valence-corrected chi connectivity index (χ4v) is 3.91. The lowest BCUT2D eigenvalue weighted by molar-refractivity contribution is -0.136. The highest BCUT2D eigenvalue weighted by atomic mass is 32.2. The number of sulfone groups is 1. The summed E-state index contributed by atoms with van der Waals surface area (Å²) in [6.07, 6.45) is 1.49. The monoisotopic (exact) mass is 386 g/mol. The predicted octanol–water partition coefficient (Wildman–Crippen LogP) is 3.91. The van der Waals surface area contributed by atoms with Gasteiger partial charge in [-0.2, -0.15) is 0 Å². The zero-order valence-corrected chi connectivity index (χ0v) is 15.8. The Morgan fingerprint density at radius 2 is 1.78 bits per heavy atom. The third-order valence-electron chi connectivity index (χ3n) is 4.54. The normalized spacial score (nSPS) is 11.7. The van der Waals surface area contributed by atoms with Gasteiger partial charge in [0.25, 0.3) is 0 Å². The first-order valence-corrected chi connectivity index (χ1v) is 10.2. The van der Waals surface area contributed by atoms with E-state index >= 15 is 0 Å². The molecule has 1 N–H and O–H groups in total. The predicted molar refractivity (Wildman–Crippen MR) is 102 cm³/mol. The molecule has 140 valence electrons. The zero-order chi connectivity index (χ0) is 19.8. The van der Waals surface area contributed by atoms with Crippen LogP contribution >= 0.6 is 0 Å². The van der Waals surface area contributed by atoms with Gasteiger partial charge in [-0.15, -0.1) is 0 Å². The third-order valence-corrected chi connectivity index (χ3v) is 5.65. The smallest absolute Gasteiger partial charge is 0.307 e. The molecular weight excluding hydrogens is 367 g/mol. The maximum absolute atomic E-state index is 13.8. The van der Waals surface area contributed by atoms with Gasteiger partial charge in [0.15, 0.2) is 9.84 Å². The molecule has 0 aromatic heterocycles. The quantitative estimate of drug-likeness (QED) is 0.722. The Labute approximate surface area is 157 Å². The van der Waals surface area contributed by atoms with Gasteiger partial charge < -0.3 is 5.11 Å². The van der Waals surface area contributed by atoms with E-state index in [0.29, 0.717) is 12.0 Å². The number of carboxylic acids is 1. The lowest BCUT2D eigenvalue weighted by Crippen LogP contribution is -2.03. The van der Waals surface area contributed by atoms with Crippen molar-refractivity contribution in [2.24, 2.45) is 0 Å². The molecule has 0 atom stereocenters. The summed E-state index contributed by atoms with van der Waals surface area (Å²) < 4.78 is 37.2. The summed E-state index contributed by atoms with van der Waals surface area (Å²) >= 11 is 0. The number of fused-ring (bicyclic) bond motifs is 1. The van der Waals surface area contributed by atoms with Crippen LogP contribution in [-0.4, -0.2) is 25.7 Å². The molecule has 4 nitrogen and oxygen atoms in total. The number of hydrogen-bond donors (Lipinski definition) is 1. The summed E-state index contributed by atoms with van der Waals surface area (Å²) in [5.74, 6) is -1.30. The van der Waals surface area contributed by atoms with Gasteiger partial charge in [0.05, 0.1) is 11.3 Å². The molecule has 0 saturated heterocycles. The molecule has 0 radical (unpaired) electrons. The largest absolute Gasteiger partial charge is 0.481 e. The highest BCUT2D eigenvalue weighted by Crippen LogP contribution is 2.27. The van der Waals surface area contributed by atoms with E-state index in [4.69, 9.17) is 5.11 Å². The topological polar surface area (TPSA) is 71.4 Å². The summed E-state index contributed by atoms with van der Waals surface area (Å²) in [6, 6.07) is 12.9. The van der Waals surface area contributed by atoms with E-state index in [0.717, 1.165) is 33.7 Å². The number of aliphatic carboxylic acids is 1. The first-order valence-electron chi connectivity index (χ1n) is 8.36. The van der Waals surface area contributed by atoms with Crippen LogP contribution in [0.4, 0.5) is 4.39 Å². The molecule has 0 unspecified atom stereocenters. The maximum Gasteiger partial charge on any atom is 0.307 e. The van der Waals surface area contributed by atoms with Gasteiger partial charge >= 0.3 is 5.97 Å². The zero-order valence-electron chi connectivity index (χ0n) is 15.0. The Bertz CT molecular complexity index is 1150. The maximum atomic E-state index is 13.8. The van der Waals surface area contributed by atoms with Crippen LogP contribution in [0.3, 0.4) is 0 Å². The Hall–Kier alpha value is -2.73. The minimum absolute atomic E-state index is 0.119. The van der Waals surface area contributed by atoms with Crippen molar-refractivity contribution in [1.29, 1.82) is 0 Å². The number of carboxylic acid groups (broad SMARTS) is 1. The van der Waals surface area contributed by atoms with Gasteiger partial charge in [-0.1, -0.05) is 24.3 Å². The van der Waals surface area contributed by atoms with Crippen LogP contribution < -0.4 is 0 Å². The van der Waals surface area contributed by atoms with Gasteiger partial charge in [0, 0.05) is 6.26 Å². The number of carbonyl (C=O) groups is 1. The summed E-state index contributed by atoms with van der Waals surface area (Å²) in [4.78, 5) is 11.3. The summed E-state index contributed by atoms with van der Waals surface area (Å²) in [7, 11) is -3.29. The minimum Gasteiger partial charge on any atom is -0.481 e. The second kappa shape index (κ2) is 7.12. The molecular formula is C21H19FO4S. The SMILES string of the molecule is Cc1cc(S(C)(=O)=O)ccc1Cc1cc(CC(=O)O)cc2ccc(F)cc12. The van der Waals surface area contributed by atoms with Crippen molar-refractivity contribution >= 4 is 26.6 Å². The second-order valence-electron chi connectivity index (χ2n) is 6.73. The molecule has 27 heavy (non-hydrogen) atoms. The molecule has 0 aliphatic heterocycles. The molecule has 3 aromatic rings. The molecule has 0 amide bonds. The minimum atomic E-state index is -3.29. The number of aryl methyl sites for hydroxylation is 1. The van der Waals surface area contributed by atoms with E-state index < -0.39 is 15.8 Å². The summed E-state index contributed by atoms with van der Waals surface area (Å²) in [6.45, 7) is 1.83. The van der Waals surface area contributed by atoms with E-state index in [2.05, 4.69) is 0 Å². The number of halogens is 1. The highest BCUT2D eigenvalue weighted by molar-refractivity contribution is 7.90. The molecule has 0 aliphatic rings. The molecule has 0 heterocycles. The first-order chi connectivity index (χ1) is 12.6. The van der Waals surface area contributed by atoms with Crippen LogP contribution in [0.2, 0.25) is 0 Å². The van der Waals surface area contributed by atoms with Crippen molar-refractivity contribution in [3.05, 3.63) is 76.6 Å². The standard InChI is InChI=1S/C21H19FO4S/c1-13-7-19(27(2,25)26)6-4-15(13)11-17-9-14(10-21(23)24)8-16-3-5-18(22)12-20(16)17/h3-9,12H,10-11H2,1-2H3,(H,23,24). The van der Waals surface area contributed by atoms with Crippen molar-refractivity contribution in [1.82, 2.24) is 0 Å². The van der Waals surface area contributed by atoms with Crippen molar-refractivity contribution in [2.45, 2.75) is 24.7 Å². The molecule has 0 bridgehead atoms. The van der Waals surface area contributed by atoms with Crippen molar-refractivity contribution in [2.75, 3.05) is 6.26 Å². The van der Waals surface area contributed by atoms with E-state index in [1.54, 1.807) is 36.4 Å². The molecule has 0 fully saturated rings. The lowest BCUT2D eigenvalue weighted by Gasteiger charge is -2.13.